The van der Waals surface area contributed by atoms with Crippen molar-refractivity contribution in [3.63, 3.8) is 0 Å². The lowest BCUT2D eigenvalue weighted by atomic mass is 9.92. The smallest absolute Gasteiger partial charge is 0.348 e. The summed E-state index contributed by atoms with van der Waals surface area (Å²) in [6, 6.07) is 0. The van der Waals surface area contributed by atoms with Gasteiger partial charge in [0.05, 0.1) is 0 Å². The molecule has 0 bridgehead atoms. The van der Waals surface area contributed by atoms with Crippen molar-refractivity contribution in [3.05, 3.63) is 24.3 Å². The maximum atomic E-state index is 11.7. The Kier molecular flexibility index (Phi) is 13.7. The average Bonchev–Trinajstić information content (AvgIpc) is 2.61. The first-order valence-electron chi connectivity index (χ1n) is 10.2. The number of ether oxygens (including phenoxy) is 1. The molecule has 0 aliphatic rings. The van der Waals surface area contributed by atoms with E-state index in [4.69, 9.17) is 4.74 Å². The summed E-state index contributed by atoms with van der Waals surface area (Å²) in [7, 11) is 0. The van der Waals surface area contributed by atoms with E-state index < -0.39 is 17.5 Å². The van der Waals surface area contributed by atoms with Gasteiger partial charge >= 0.3 is 11.9 Å². The number of carboxylic acid groups (broad SMARTS) is 1. The Balaban J connectivity index is 4.03. The highest BCUT2D eigenvalue weighted by Crippen LogP contribution is 2.26. The fourth-order valence-electron chi connectivity index (χ4n) is 2.82. The Bertz CT molecular complexity index is 453. The van der Waals surface area contributed by atoms with Crippen molar-refractivity contribution < 1.29 is 19.4 Å². The first-order chi connectivity index (χ1) is 12.4. The molecule has 0 amide bonds. The number of unbranched alkanes of at least 4 members (excludes halogenated alkanes) is 8. The van der Waals surface area contributed by atoms with E-state index in [1.807, 2.05) is 0 Å². The maximum Gasteiger partial charge on any atom is 0.348 e. The topological polar surface area (TPSA) is 63.6 Å². The van der Waals surface area contributed by atoms with Crippen LogP contribution in [0.25, 0.3) is 0 Å². The quantitative estimate of drug-likeness (QED) is 0.153. The molecule has 26 heavy (non-hydrogen) atoms. The van der Waals surface area contributed by atoms with Crippen molar-refractivity contribution in [1.82, 2.24) is 0 Å². The Morgan fingerprint density at radius 2 is 1.50 bits per heavy atom. The fourth-order valence-corrected chi connectivity index (χ4v) is 2.82. The molecule has 0 rings (SSSR count). The van der Waals surface area contributed by atoms with Gasteiger partial charge in [-0.05, 0) is 51.9 Å². The van der Waals surface area contributed by atoms with Gasteiger partial charge in [0.25, 0.3) is 0 Å². The van der Waals surface area contributed by atoms with Crippen molar-refractivity contribution in [3.8, 4) is 0 Å². The number of carbonyl (C=O) groups is 2. The third-order valence-electron chi connectivity index (χ3n) is 4.69. The van der Waals surface area contributed by atoms with Crippen LogP contribution in [0.4, 0.5) is 0 Å². The predicted molar refractivity (Wildman–Crippen MR) is 107 cm³/mol. The number of hydrogen-bond acceptors (Lipinski definition) is 3. The van der Waals surface area contributed by atoms with Crippen LogP contribution in [-0.2, 0) is 14.3 Å². The van der Waals surface area contributed by atoms with Crippen molar-refractivity contribution in [2.45, 2.75) is 103 Å². The molecule has 4 nitrogen and oxygen atoms in total. The van der Waals surface area contributed by atoms with Gasteiger partial charge in [0, 0.05) is 5.57 Å². The van der Waals surface area contributed by atoms with E-state index in [-0.39, 0.29) is 12.0 Å². The molecule has 0 spiro atoms. The molecular formula is C22H38O4. The number of aliphatic carboxylic acids is 1. The molecule has 4 heteroatoms. The molecule has 0 radical (unpaired) electrons. The van der Waals surface area contributed by atoms with Gasteiger partial charge in [0.2, 0.25) is 5.60 Å². The van der Waals surface area contributed by atoms with E-state index in [1.54, 1.807) is 6.92 Å². The van der Waals surface area contributed by atoms with Crippen LogP contribution in [-0.4, -0.2) is 22.6 Å². The second-order valence-corrected chi connectivity index (χ2v) is 7.10. The zero-order valence-corrected chi connectivity index (χ0v) is 17.0. The molecular weight excluding hydrogens is 328 g/mol. The first kappa shape index (κ1) is 24.4. The van der Waals surface area contributed by atoms with E-state index in [9.17, 15) is 14.7 Å². The van der Waals surface area contributed by atoms with Crippen molar-refractivity contribution in [2.75, 3.05) is 0 Å². The molecule has 0 aliphatic heterocycles. The average molecular weight is 367 g/mol. The second kappa shape index (κ2) is 14.6. The monoisotopic (exact) mass is 366 g/mol. The van der Waals surface area contributed by atoms with Crippen LogP contribution < -0.4 is 0 Å². The molecule has 0 aromatic heterocycles. The Hall–Kier alpha value is -1.58. The Labute approximate surface area is 159 Å². The fraction of sp³-hybridized carbons (Fsp3) is 0.727. The molecule has 0 saturated carbocycles. The minimum absolute atomic E-state index is 0.227. The van der Waals surface area contributed by atoms with Gasteiger partial charge in [0.1, 0.15) is 0 Å². The largest absolute Gasteiger partial charge is 0.478 e. The highest BCUT2D eigenvalue weighted by Gasteiger charge is 2.40. The lowest BCUT2D eigenvalue weighted by Gasteiger charge is -2.28. The Morgan fingerprint density at radius 1 is 0.962 bits per heavy atom. The molecule has 1 atom stereocenters. The summed E-state index contributed by atoms with van der Waals surface area (Å²) in [5.41, 5.74) is -1.19. The third-order valence-corrected chi connectivity index (χ3v) is 4.69. The zero-order valence-electron chi connectivity index (χ0n) is 17.0. The number of hydrogen-bond donors (Lipinski definition) is 1. The molecule has 1 unspecified atom stereocenters. The van der Waals surface area contributed by atoms with E-state index in [0.29, 0.717) is 6.42 Å². The summed E-state index contributed by atoms with van der Waals surface area (Å²) < 4.78 is 5.26. The highest BCUT2D eigenvalue weighted by molar-refractivity contribution is 5.90. The highest BCUT2D eigenvalue weighted by atomic mass is 16.6. The van der Waals surface area contributed by atoms with E-state index in [0.717, 1.165) is 32.1 Å². The van der Waals surface area contributed by atoms with E-state index >= 15 is 0 Å². The molecule has 0 aliphatic carbocycles. The van der Waals surface area contributed by atoms with Crippen molar-refractivity contribution in [2.24, 2.45) is 0 Å². The van der Waals surface area contributed by atoms with Gasteiger partial charge in [0.15, 0.2) is 0 Å². The van der Waals surface area contributed by atoms with Crippen molar-refractivity contribution >= 4 is 11.9 Å². The molecule has 0 heterocycles. The van der Waals surface area contributed by atoms with Crippen LogP contribution >= 0.6 is 0 Å². The SMILES string of the molecule is C=C(C)C(=O)OC(CC)(CCCCCC/C=C\CCCCCC)C(=O)O. The molecule has 150 valence electrons. The van der Waals surface area contributed by atoms with E-state index in [2.05, 4.69) is 25.7 Å². The second-order valence-electron chi connectivity index (χ2n) is 7.10. The normalized spacial score (nSPS) is 13.5. The molecule has 0 saturated heterocycles. The molecule has 0 aromatic carbocycles. The van der Waals surface area contributed by atoms with Gasteiger partial charge in [-0.3, -0.25) is 0 Å². The number of allylic oxidation sites excluding steroid dienone is 2. The van der Waals surface area contributed by atoms with E-state index in [1.165, 1.54) is 39.0 Å². The number of rotatable bonds is 16. The zero-order chi connectivity index (χ0) is 19.8. The Morgan fingerprint density at radius 3 is 1.96 bits per heavy atom. The van der Waals surface area contributed by atoms with Crippen molar-refractivity contribution in [1.29, 1.82) is 0 Å². The van der Waals surface area contributed by atoms with Crippen LogP contribution in [0, 0.1) is 0 Å². The summed E-state index contributed by atoms with van der Waals surface area (Å²) in [5.74, 6) is -1.70. The number of carbonyl (C=O) groups excluding carboxylic acids is 1. The molecule has 1 N–H and O–H groups in total. The minimum atomic E-state index is -1.42. The van der Waals surface area contributed by atoms with Crippen LogP contribution in [0.5, 0.6) is 0 Å². The first-order valence-corrected chi connectivity index (χ1v) is 10.2. The van der Waals surface area contributed by atoms with Crippen LogP contribution in [0.1, 0.15) is 97.8 Å². The molecule has 0 aromatic rings. The maximum absolute atomic E-state index is 11.7. The summed E-state index contributed by atoms with van der Waals surface area (Å²) in [4.78, 5) is 23.4. The summed E-state index contributed by atoms with van der Waals surface area (Å²) in [5, 5.41) is 9.52. The lowest BCUT2D eigenvalue weighted by Crippen LogP contribution is -2.43. The van der Waals surface area contributed by atoms with Gasteiger partial charge < -0.3 is 9.84 Å². The van der Waals surface area contributed by atoms with Gasteiger partial charge in [-0.15, -0.1) is 0 Å². The third kappa shape index (κ3) is 10.4. The minimum Gasteiger partial charge on any atom is -0.478 e. The molecule has 0 fully saturated rings. The van der Waals surface area contributed by atoms with Crippen LogP contribution in [0.2, 0.25) is 0 Å². The lowest BCUT2D eigenvalue weighted by molar-refractivity contribution is -0.177. The summed E-state index contributed by atoms with van der Waals surface area (Å²) in [6.07, 6.45) is 16.5. The standard InChI is InChI=1S/C22H38O4/c1-5-7-8-9-10-11-12-13-14-15-16-17-18-22(6-2,21(24)25)26-20(23)19(3)4/h11-12H,3,5-10,13-18H2,1-2,4H3,(H,24,25)/b12-11-. The number of esters is 1. The van der Waals surface area contributed by atoms with Gasteiger partial charge in [-0.25, -0.2) is 9.59 Å². The number of carboxylic acids is 1. The van der Waals surface area contributed by atoms with Crippen LogP contribution in [0.3, 0.4) is 0 Å². The summed E-state index contributed by atoms with van der Waals surface area (Å²) in [6.45, 7) is 9.02. The summed E-state index contributed by atoms with van der Waals surface area (Å²) >= 11 is 0. The van der Waals surface area contributed by atoms with Crippen LogP contribution in [0.15, 0.2) is 24.3 Å². The predicted octanol–water partition coefficient (Wildman–Crippen LogP) is 6.21. The van der Waals surface area contributed by atoms with Gasteiger partial charge in [-0.2, -0.15) is 0 Å². The van der Waals surface area contributed by atoms with Gasteiger partial charge in [-0.1, -0.05) is 64.7 Å².